The van der Waals surface area contributed by atoms with Crippen LogP contribution in [0.2, 0.25) is 0 Å². The first-order chi connectivity index (χ1) is 8.02. The summed E-state index contributed by atoms with van der Waals surface area (Å²) in [6.45, 7) is 0.139. The van der Waals surface area contributed by atoms with Crippen molar-refractivity contribution < 1.29 is 13.5 Å². The molecule has 1 aromatic carbocycles. The third-order valence-electron chi connectivity index (χ3n) is 2.50. The molecule has 1 aromatic rings. The molecule has 0 heterocycles. The van der Waals surface area contributed by atoms with Crippen molar-refractivity contribution >= 4 is 0 Å². The lowest BCUT2D eigenvalue weighted by Gasteiger charge is -2.21. The summed E-state index contributed by atoms with van der Waals surface area (Å²) in [7, 11) is 3.22. The highest BCUT2D eigenvalue weighted by molar-refractivity contribution is 5.29. The summed E-state index contributed by atoms with van der Waals surface area (Å²) in [5.41, 5.74) is 6.84. The van der Waals surface area contributed by atoms with Gasteiger partial charge in [0.1, 0.15) is 5.75 Å². The quantitative estimate of drug-likeness (QED) is 0.830. The molecule has 1 atom stereocenters. The second-order valence-corrected chi connectivity index (χ2v) is 3.99. The van der Waals surface area contributed by atoms with Crippen LogP contribution < -0.4 is 10.5 Å². The Labute approximate surface area is 100 Å². The summed E-state index contributed by atoms with van der Waals surface area (Å²) in [5, 5.41) is 0. The number of nitrogens with zero attached hydrogens (tertiary/aromatic N) is 1. The van der Waals surface area contributed by atoms with Crippen LogP contribution >= 0.6 is 0 Å². The highest BCUT2D eigenvalue weighted by Gasteiger charge is 2.12. The number of rotatable bonds is 6. The smallest absolute Gasteiger partial charge is 0.251 e. The van der Waals surface area contributed by atoms with E-state index in [0.717, 1.165) is 11.3 Å². The largest absolute Gasteiger partial charge is 0.497 e. The lowest BCUT2D eigenvalue weighted by Crippen LogP contribution is -2.32. The fourth-order valence-corrected chi connectivity index (χ4v) is 1.60. The number of benzene rings is 1. The summed E-state index contributed by atoms with van der Waals surface area (Å²) in [6.07, 6.45) is -2.33. The molecular weight excluding hydrogens is 226 g/mol. The SMILES string of the molecule is COc1ccc(C(N)CN(C)CC(F)F)cc1. The number of hydrogen-bond donors (Lipinski definition) is 1. The number of hydrogen-bond acceptors (Lipinski definition) is 3. The van der Waals surface area contributed by atoms with Gasteiger partial charge < -0.3 is 10.5 Å². The van der Waals surface area contributed by atoms with Gasteiger partial charge in [0.25, 0.3) is 6.43 Å². The average molecular weight is 244 g/mol. The first-order valence-corrected chi connectivity index (χ1v) is 5.39. The van der Waals surface area contributed by atoms with Crippen molar-refractivity contribution in [1.82, 2.24) is 4.90 Å². The highest BCUT2D eigenvalue weighted by Crippen LogP contribution is 2.16. The maximum absolute atomic E-state index is 12.1. The number of nitrogens with two attached hydrogens (primary N) is 1. The van der Waals surface area contributed by atoms with Gasteiger partial charge in [0.05, 0.1) is 13.7 Å². The summed E-state index contributed by atoms with van der Waals surface area (Å²) in [5.74, 6) is 0.752. The van der Waals surface area contributed by atoms with Gasteiger partial charge in [0.2, 0.25) is 0 Å². The Balaban J connectivity index is 2.53. The second-order valence-electron chi connectivity index (χ2n) is 3.99. The van der Waals surface area contributed by atoms with E-state index in [9.17, 15) is 8.78 Å². The predicted octanol–water partition coefficient (Wildman–Crippen LogP) is 1.89. The van der Waals surface area contributed by atoms with E-state index >= 15 is 0 Å². The first kappa shape index (κ1) is 13.9. The van der Waals surface area contributed by atoms with Gasteiger partial charge in [0, 0.05) is 12.6 Å². The monoisotopic (exact) mass is 244 g/mol. The van der Waals surface area contributed by atoms with E-state index in [-0.39, 0.29) is 12.6 Å². The van der Waals surface area contributed by atoms with E-state index in [1.54, 1.807) is 14.2 Å². The van der Waals surface area contributed by atoms with Gasteiger partial charge in [-0.3, -0.25) is 4.90 Å². The average Bonchev–Trinajstić information content (AvgIpc) is 2.28. The zero-order valence-electron chi connectivity index (χ0n) is 10.1. The van der Waals surface area contributed by atoms with Crippen LogP contribution in [0.4, 0.5) is 8.78 Å². The Hall–Kier alpha value is -1.20. The number of methoxy groups -OCH3 is 1. The van der Waals surface area contributed by atoms with Gasteiger partial charge in [-0.05, 0) is 24.7 Å². The summed E-state index contributed by atoms with van der Waals surface area (Å²) >= 11 is 0. The molecule has 0 spiro atoms. The Morgan fingerprint density at radius 1 is 1.24 bits per heavy atom. The minimum absolute atomic E-state index is 0.260. The fourth-order valence-electron chi connectivity index (χ4n) is 1.60. The molecule has 0 aliphatic carbocycles. The molecule has 0 radical (unpaired) electrons. The van der Waals surface area contributed by atoms with Gasteiger partial charge in [-0.15, -0.1) is 0 Å². The standard InChI is InChI=1S/C12H18F2N2O/c1-16(8-12(13)14)7-11(15)9-3-5-10(17-2)6-4-9/h3-6,11-12H,7-8,15H2,1-2H3. The Morgan fingerprint density at radius 2 is 1.82 bits per heavy atom. The zero-order chi connectivity index (χ0) is 12.8. The number of halogens is 2. The van der Waals surface area contributed by atoms with Crippen LogP contribution in [0.3, 0.4) is 0 Å². The molecule has 1 rings (SSSR count). The third-order valence-corrected chi connectivity index (χ3v) is 2.50. The van der Waals surface area contributed by atoms with Gasteiger partial charge in [-0.25, -0.2) is 8.78 Å². The third kappa shape index (κ3) is 4.66. The Bertz CT molecular complexity index is 330. The van der Waals surface area contributed by atoms with Gasteiger partial charge in [0.15, 0.2) is 0 Å². The minimum Gasteiger partial charge on any atom is -0.497 e. The molecule has 0 aromatic heterocycles. The maximum atomic E-state index is 12.1. The van der Waals surface area contributed by atoms with E-state index in [0.29, 0.717) is 6.54 Å². The van der Waals surface area contributed by atoms with Crippen LogP contribution in [0.1, 0.15) is 11.6 Å². The van der Waals surface area contributed by atoms with Crippen molar-refractivity contribution in [3.8, 4) is 5.75 Å². The van der Waals surface area contributed by atoms with Crippen molar-refractivity contribution in [1.29, 1.82) is 0 Å². The van der Waals surface area contributed by atoms with Crippen molar-refractivity contribution in [3.63, 3.8) is 0 Å². The fraction of sp³-hybridized carbons (Fsp3) is 0.500. The Morgan fingerprint density at radius 3 is 2.29 bits per heavy atom. The molecule has 96 valence electrons. The molecule has 17 heavy (non-hydrogen) atoms. The number of alkyl halides is 2. The van der Waals surface area contributed by atoms with Gasteiger partial charge in [-0.2, -0.15) is 0 Å². The van der Waals surface area contributed by atoms with E-state index in [1.807, 2.05) is 24.3 Å². The summed E-state index contributed by atoms with van der Waals surface area (Å²) in [6, 6.07) is 7.04. The lowest BCUT2D eigenvalue weighted by molar-refractivity contribution is 0.0978. The van der Waals surface area contributed by atoms with Crippen LogP contribution in [0.25, 0.3) is 0 Å². The molecular formula is C12H18F2N2O. The van der Waals surface area contributed by atoms with Crippen molar-refractivity contribution in [2.75, 3.05) is 27.2 Å². The van der Waals surface area contributed by atoms with Crippen molar-refractivity contribution in [2.45, 2.75) is 12.5 Å². The number of likely N-dealkylation sites (N-methyl/N-ethyl adjacent to an activating group) is 1. The van der Waals surface area contributed by atoms with E-state index in [2.05, 4.69) is 0 Å². The van der Waals surface area contributed by atoms with Crippen LogP contribution in [0.15, 0.2) is 24.3 Å². The summed E-state index contributed by atoms with van der Waals surface area (Å²) in [4.78, 5) is 1.53. The number of ether oxygens (including phenoxy) is 1. The van der Waals surface area contributed by atoms with Crippen molar-refractivity contribution in [3.05, 3.63) is 29.8 Å². The first-order valence-electron chi connectivity index (χ1n) is 5.39. The molecule has 0 bridgehead atoms. The molecule has 0 aliphatic rings. The van der Waals surface area contributed by atoms with Crippen LogP contribution in [0.5, 0.6) is 5.75 Å². The molecule has 0 saturated carbocycles. The van der Waals surface area contributed by atoms with E-state index < -0.39 is 6.43 Å². The van der Waals surface area contributed by atoms with Crippen LogP contribution in [-0.4, -0.2) is 38.6 Å². The normalized spacial score (nSPS) is 13.1. The Kier molecular flexibility index (Phi) is 5.31. The predicted molar refractivity (Wildman–Crippen MR) is 63.4 cm³/mol. The van der Waals surface area contributed by atoms with Crippen molar-refractivity contribution in [2.24, 2.45) is 5.73 Å². The molecule has 0 fully saturated rings. The van der Waals surface area contributed by atoms with Gasteiger partial charge >= 0.3 is 0 Å². The molecule has 3 nitrogen and oxygen atoms in total. The molecule has 0 amide bonds. The lowest BCUT2D eigenvalue weighted by atomic mass is 10.1. The summed E-state index contributed by atoms with van der Waals surface area (Å²) < 4.78 is 29.3. The molecule has 5 heteroatoms. The molecule has 1 unspecified atom stereocenters. The van der Waals surface area contributed by atoms with E-state index in [1.165, 1.54) is 4.90 Å². The maximum Gasteiger partial charge on any atom is 0.251 e. The topological polar surface area (TPSA) is 38.5 Å². The zero-order valence-corrected chi connectivity index (χ0v) is 10.1. The van der Waals surface area contributed by atoms with E-state index in [4.69, 9.17) is 10.5 Å². The van der Waals surface area contributed by atoms with Gasteiger partial charge in [-0.1, -0.05) is 12.1 Å². The highest BCUT2D eigenvalue weighted by atomic mass is 19.3. The minimum atomic E-state index is -2.33. The second kappa shape index (κ2) is 6.51. The molecule has 0 saturated heterocycles. The van der Waals surface area contributed by atoms with Crippen LogP contribution in [-0.2, 0) is 0 Å². The van der Waals surface area contributed by atoms with Crippen LogP contribution in [0, 0.1) is 0 Å². The molecule has 0 aliphatic heterocycles. The molecule has 2 N–H and O–H groups in total.